The topological polar surface area (TPSA) is 96.4 Å². The number of carbonyl (C=O) groups is 3. The number of cyclic esters (lactones) is 1. The van der Waals surface area contributed by atoms with Crippen molar-refractivity contribution in [1.82, 2.24) is 4.90 Å². The van der Waals surface area contributed by atoms with Gasteiger partial charge in [-0.15, -0.1) is 0 Å². The summed E-state index contributed by atoms with van der Waals surface area (Å²) in [5.74, 6) is -3.03. The van der Waals surface area contributed by atoms with E-state index in [2.05, 4.69) is 0 Å². The molecule has 8 nitrogen and oxygen atoms in total. The SMILES string of the molecule is C[C@H](CO)N1C(=O)[C@@H]2[C@H]3C(=O)OCCC/C=C\[C@H]3O[C@@]23C=CCN(c2ccc(Cl)cc2)C(=O)C13. The van der Waals surface area contributed by atoms with Crippen LogP contribution in [0.25, 0.3) is 0 Å². The van der Waals surface area contributed by atoms with Crippen LogP contribution in [0.2, 0.25) is 5.02 Å². The second-order valence-corrected chi connectivity index (χ2v) is 9.62. The zero-order valence-electron chi connectivity index (χ0n) is 18.8. The number of carbonyl (C=O) groups excluding carboxylic acids is 3. The quantitative estimate of drug-likeness (QED) is 0.519. The fraction of sp³-hybridized carbons (Fsp3) is 0.480. The Morgan fingerprint density at radius 1 is 1.18 bits per heavy atom. The van der Waals surface area contributed by atoms with Crippen molar-refractivity contribution in [3.8, 4) is 0 Å². The van der Waals surface area contributed by atoms with Gasteiger partial charge >= 0.3 is 5.97 Å². The van der Waals surface area contributed by atoms with Crippen LogP contribution in [-0.4, -0.2) is 71.3 Å². The first kappa shape index (κ1) is 23.1. The van der Waals surface area contributed by atoms with Crippen LogP contribution in [0.4, 0.5) is 5.69 Å². The second-order valence-electron chi connectivity index (χ2n) is 9.18. The Labute approximate surface area is 202 Å². The molecule has 6 atom stereocenters. The van der Waals surface area contributed by atoms with Crippen molar-refractivity contribution in [2.75, 3.05) is 24.7 Å². The fourth-order valence-corrected chi connectivity index (χ4v) is 5.73. The smallest absolute Gasteiger partial charge is 0.312 e. The molecule has 2 amide bonds. The van der Waals surface area contributed by atoms with Crippen molar-refractivity contribution < 1.29 is 29.0 Å². The predicted molar refractivity (Wildman–Crippen MR) is 124 cm³/mol. The minimum atomic E-state index is -1.35. The molecule has 1 spiro atoms. The lowest BCUT2D eigenvalue weighted by Crippen LogP contribution is -2.57. The number of aliphatic hydroxyl groups excluding tert-OH is 1. The number of hydrogen-bond donors (Lipinski definition) is 1. The van der Waals surface area contributed by atoms with Crippen LogP contribution in [0, 0.1) is 11.8 Å². The van der Waals surface area contributed by atoms with Crippen LogP contribution in [0.15, 0.2) is 48.6 Å². The highest BCUT2D eigenvalue weighted by molar-refractivity contribution is 6.30. The number of benzene rings is 1. The molecule has 5 rings (SSSR count). The number of amides is 2. The van der Waals surface area contributed by atoms with Crippen LogP contribution < -0.4 is 4.90 Å². The summed E-state index contributed by atoms with van der Waals surface area (Å²) >= 11 is 6.04. The maximum absolute atomic E-state index is 14.1. The number of fused-ring (bicyclic) bond motifs is 2. The molecule has 1 unspecified atom stereocenters. The van der Waals surface area contributed by atoms with E-state index >= 15 is 0 Å². The molecule has 0 saturated carbocycles. The lowest BCUT2D eigenvalue weighted by molar-refractivity contribution is -0.155. The van der Waals surface area contributed by atoms with E-state index < -0.39 is 41.6 Å². The van der Waals surface area contributed by atoms with Gasteiger partial charge in [-0.25, -0.2) is 0 Å². The highest BCUT2D eigenvalue weighted by Crippen LogP contribution is 2.53. The monoisotopic (exact) mass is 486 g/mol. The molecule has 0 bridgehead atoms. The summed E-state index contributed by atoms with van der Waals surface area (Å²) in [6, 6.07) is 5.19. The summed E-state index contributed by atoms with van der Waals surface area (Å²) < 4.78 is 12.0. The van der Waals surface area contributed by atoms with Crippen LogP contribution in [0.5, 0.6) is 0 Å². The van der Waals surface area contributed by atoms with Gasteiger partial charge in [-0.3, -0.25) is 14.4 Å². The number of hydrogen-bond acceptors (Lipinski definition) is 6. The van der Waals surface area contributed by atoms with Crippen molar-refractivity contribution in [3.63, 3.8) is 0 Å². The summed E-state index contributed by atoms with van der Waals surface area (Å²) in [6.07, 6.45) is 8.05. The van der Waals surface area contributed by atoms with Crippen molar-refractivity contribution in [3.05, 3.63) is 53.6 Å². The average molecular weight is 487 g/mol. The van der Waals surface area contributed by atoms with E-state index in [1.807, 2.05) is 12.2 Å². The van der Waals surface area contributed by atoms with Crippen LogP contribution >= 0.6 is 11.6 Å². The van der Waals surface area contributed by atoms with Crippen LogP contribution in [-0.2, 0) is 23.9 Å². The van der Waals surface area contributed by atoms with Gasteiger partial charge in [0.15, 0.2) is 0 Å². The average Bonchev–Trinajstić information content (AvgIpc) is 3.24. The van der Waals surface area contributed by atoms with E-state index in [0.717, 1.165) is 6.42 Å². The minimum absolute atomic E-state index is 0.263. The van der Waals surface area contributed by atoms with Crippen molar-refractivity contribution in [2.24, 2.45) is 11.8 Å². The Balaban J connectivity index is 1.63. The number of allylic oxidation sites excluding steroid dienone is 1. The summed E-state index contributed by atoms with van der Waals surface area (Å²) in [5, 5.41) is 10.5. The van der Waals surface area contributed by atoms with E-state index in [1.54, 1.807) is 48.2 Å². The third-order valence-electron chi connectivity index (χ3n) is 7.17. The molecule has 1 aromatic carbocycles. The number of ether oxygens (including phenoxy) is 2. The first-order valence-corrected chi connectivity index (χ1v) is 12.0. The predicted octanol–water partition coefficient (Wildman–Crippen LogP) is 2.10. The zero-order chi connectivity index (χ0) is 24.0. The first-order chi connectivity index (χ1) is 16.4. The van der Waals surface area contributed by atoms with Crippen molar-refractivity contribution in [2.45, 2.75) is 43.6 Å². The summed E-state index contributed by atoms with van der Waals surface area (Å²) in [5.41, 5.74) is -0.722. The molecule has 0 aliphatic carbocycles. The molecule has 180 valence electrons. The molecule has 9 heteroatoms. The van der Waals surface area contributed by atoms with E-state index in [1.165, 1.54) is 4.90 Å². The van der Waals surface area contributed by atoms with Crippen molar-refractivity contribution in [1.29, 1.82) is 0 Å². The lowest BCUT2D eigenvalue weighted by atomic mass is 9.78. The van der Waals surface area contributed by atoms with E-state index in [-0.39, 0.29) is 31.6 Å². The Bertz CT molecular complexity index is 1060. The highest BCUT2D eigenvalue weighted by atomic mass is 35.5. The van der Waals surface area contributed by atoms with Gasteiger partial charge in [-0.05, 0) is 44.0 Å². The maximum atomic E-state index is 14.1. The largest absolute Gasteiger partial charge is 0.465 e. The molecule has 4 aliphatic heterocycles. The molecule has 2 saturated heterocycles. The Hall–Kier alpha value is -2.68. The van der Waals surface area contributed by atoms with Crippen molar-refractivity contribution >= 4 is 35.1 Å². The molecule has 2 fully saturated rings. The summed E-state index contributed by atoms with van der Waals surface area (Å²) in [7, 11) is 0. The third kappa shape index (κ3) is 3.47. The highest BCUT2D eigenvalue weighted by Gasteiger charge is 2.72. The molecule has 0 aromatic heterocycles. The standard InChI is InChI=1S/C25H27ClN2O6/c1-15(14-29)28-21-23(31)27(17-9-7-16(26)8-10-17)12-5-11-25(21)20(22(28)30)19-18(34-25)6-3-2-4-13-33-24(19)32/h3,5-11,15,18-21,29H,2,4,12-14H2,1H3/b6-3-/t15-,18-,19+,20+,21?,25+/m1/s1. The van der Waals surface area contributed by atoms with Crippen LogP contribution in [0.1, 0.15) is 19.8 Å². The summed E-state index contributed by atoms with van der Waals surface area (Å²) in [4.78, 5) is 44.0. The number of esters is 1. The number of anilines is 1. The van der Waals surface area contributed by atoms with Gasteiger partial charge in [-0.2, -0.15) is 0 Å². The van der Waals surface area contributed by atoms with Gasteiger partial charge in [0.2, 0.25) is 5.91 Å². The Kier molecular flexibility index (Phi) is 6.00. The third-order valence-corrected chi connectivity index (χ3v) is 7.42. The normalized spacial score (nSPS) is 34.9. The molecule has 4 heterocycles. The number of likely N-dealkylation sites (tertiary alicyclic amines) is 1. The molecule has 0 radical (unpaired) electrons. The fourth-order valence-electron chi connectivity index (χ4n) is 5.61. The van der Waals surface area contributed by atoms with Crippen LogP contribution in [0.3, 0.4) is 0 Å². The van der Waals surface area contributed by atoms with E-state index in [9.17, 15) is 19.5 Å². The van der Waals surface area contributed by atoms with Gasteiger partial charge in [0.25, 0.3) is 5.91 Å². The van der Waals surface area contributed by atoms with Gasteiger partial charge in [0, 0.05) is 17.3 Å². The maximum Gasteiger partial charge on any atom is 0.312 e. The van der Waals surface area contributed by atoms with Gasteiger partial charge in [0.1, 0.15) is 17.6 Å². The zero-order valence-corrected chi connectivity index (χ0v) is 19.6. The van der Waals surface area contributed by atoms with Gasteiger partial charge in [0.05, 0.1) is 31.3 Å². The molecular formula is C25H27ClN2O6. The Morgan fingerprint density at radius 3 is 2.68 bits per heavy atom. The molecular weight excluding hydrogens is 460 g/mol. The van der Waals surface area contributed by atoms with E-state index in [4.69, 9.17) is 21.1 Å². The Morgan fingerprint density at radius 2 is 1.94 bits per heavy atom. The minimum Gasteiger partial charge on any atom is -0.465 e. The first-order valence-electron chi connectivity index (χ1n) is 11.6. The lowest BCUT2D eigenvalue weighted by Gasteiger charge is -2.37. The van der Waals surface area contributed by atoms with E-state index in [0.29, 0.717) is 17.1 Å². The molecule has 1 aromatic rings. The molecule has 1 N–H and O–H groups in total. The molecule has 34 heavy (non-hydrogen) atoms. The summed E-state index contributed by atoms with van der Waals surface area (Å²) in [6.45, 7) is 1.88. The van der Waals surface area contributed by atoms with Gasteiger partial charge in [-0.1, -0.05) is 35.9 Å². The van der Waals surface area contributed by atoms with Gasteiger partial charge < -0.3 is 24.4 Å². The second kappa shape index (κ2) is 8.83. The number of rotatable bonds is 3. The number of aliphatic hydroxyl groups is 1. The number of nitrogens with zero attached hydrogens (tertiary/aromatic N) is 2. The molecule has 4 aliphatic rings. The number of halogens is 1.